The summed E-state index contributed by atoms with van der Waals surface area (Å²) >= 11 is 0. The number of nitrogens with two attached hydrogens (primary N) is 1. The highest BCUT2D eigenvalue weighted by molar-refractivity contribution is 5.80. The van der Waals surface area contributed by atoms with Gasteiger partial charge in [0.2, 0.25) is 0 Å². The lowest BCUT2D eigenvalue weighted by Gasteiger charge is -2.14. The zero-order valence-electron chi connectivity index (χ0n) is 15.7. The second-order valence-corrected chi connectivity index (χ2v) is 6.83. The fourth-order valence-electron chi connectivity index (χ4n) is 2.76. The van der Waals surface area contributed by atoms with Gasteiger partial charge >= 0.3 is 0 Å². The summed E-state index contributed by atoms with van der Waals surface area (Å²) in [7, 11) is 0. The van der Waals surface area contributed by atoms with E-state index < -0.39 is 0 Å². The third-order valence-corrected chi connectivity index (χ3v) is 4.36. The van der Waals surface area contributed by atoms with Gasteiger partial charge in [0, 0.05) is 11.4 Å². The molecule has 0 aliphatic heterocycles. The number of hydrogen-bond acceptors (Lipinski definition) is 5. The molecule has 0 aliphatic rings. The molecule has 0 amide bonds. The van der Waals surface area contributed by atoms with Crippen LogP contribution >= 0.6 is 0 Å². The molecule has 5 heteroatoms. The topological polar surface area (TPSA) is 75.9 Å². The minimum absolute atomic E-state index is 0.486. The fraction of sp³-hybridized carbons (Fsp3) is 0.238. The molecule has 5 nitrogen and oxygen atoms in total. The molecule has 2 aromatic carbocycles. The maximum atomic E-state index is 6.29. The molecule has 0 spiro atoms. The predicted octanol–water partition coefficient (Wildman–Crippen LogP) is 5.29. The highest BCUT2D eigenvalue weighted by Crippen LogP contribution is 2.29. The van der Waals surface area contributed by atoms with Gasteiger partial charge in [0.1, 0.15) is 12.0 Å². The van der Waals surface area contributed by atoms with E-state index in [2.05, 4.69) is 72.6 Å². The summed E-state index contributed by atoms with van der Waals surface area (Å²) in [4.78, 5) is 8.57. The average Bonchev–Trinajstić information content (AvgIpc) is 2.61. The van der Waals surface area contributed by atoms with E-state index in [1.165, 1.54) is 17.5 Å². The second kappa shape index (κ2) is 7.44. The van der Waals surface area contributed by atoms with Crippen LogP contribution in [0.5, 0.6) is 0 Å². The molecule has 0 radical (unpaired) electrons. The quantitative estimate of drug-likeness (QED) is 0.585. The van der Waals surface area contributed by atoms with Crippen LogP contribution in [0.2, 0.25) is 0 Å². The molecule has 1 aromatic heterocycles. The minimum Gasteiger partial charge on any atom is -0.393 e. The van der Waals surface area contributed by atoms with E-state index in [1.807, 2.05) is 18.2 Å². The van der Waals surface area contributed by atoms with Crippen LogP contribution in [0.3, 0.4) is 0 Å². The van der Waals surface area contributed by atoms with Crippen LogP contribution in [0, 0.1) is 13.8 Å². The zero-order chi connectivity index (χ0) is 18.7. The van der Waals surface area contributed by atoms with Gasteiger partial charge in [0.25, 0.3) is 0 Å². The molecule has 1 heterocycles. The lowest BCUT2D eigenvalue weighted by atomic mass is 10.0. The highest BCUT2D eigenvalue weighted by atomic mass is 15.1. The van der Waals surface area contributed by atoms with Crippen molar-refractivity contribution in [3.8, 4) is 0 Å². The molecule has 4 N–H and O–H groups in total. The van der Waals surface area contributed by atoms with Crippen LogP contribution in [0.15, 0.2) is 48.8 Å². The summed E-state index contributed by atoms with van der Waals surface area (Å²) in [5.41, 5.74) is 12.3. The monoisotopic (exact) mass is 347 g/mol. The third-order valence-electron chi connectivity index (χ3n) is 4.36. The van der Waals surface area contributed by atoms with Crippen molar-refractivity contribution in [1.82, 2.24) is 9.97 Å². The van der Waals surface area contributed by atoms with E-state index in [-0.39, 0.29) is 0 Å². The number of hydrogen-bond donors (Lipinski definition) is 3. The first kappa shape index (κ1) is 17.7. The maximum Gasteiger partial charge on any atom is 0.159 e. The molecule has 134 valence electrons. The molecular formula is C21H25N5. The Morgan fingerprint density at radius 2 is 1.54 bits per heavy atom. The van der Waals surface area contributed by atoms with Crippen LogP contribution < -0.4 is 16.4 Å². The summed E-state index contributed by atoms with van der Waals surface area (Å²) in [6, 6.07) is 14.5. The van der Waals surface area contributed by atoms with Crippen molar-refractivity contribution in [2.75, 3.05) is 16.4 Å². The molecule has 0 saturated carbocycles. The Morgan fingerprint density at radius 1 is 0.885 bits per heavy atom. The smallest absolute Gasteiger partial charge is 0.159 e. The van der Waals surface area contributed by atoms with Crippen molar-refractivity contribution in [1.29, 1.82) is 0 Å². The Kier molecular flexibility index (Phi) is 5.07. The lowest BCUT2D eigenvalue weighted by Crippen LogP contribution is -2.06. The second-order valence-electron chi connectivity index (χ2n) is 6.83. The molecule has 3 aromatic rings. The Morgan fingerprint density at radius 3 is 2.15 bits per heavy atom. The Balaban J connectivity index is 1.82. The number of nitrogen functional groups attached to an aromatic ring is 1. The average molecular weight is 347 g/mol. The van der Waals surface area contributed by atoms with Crippen molar-refractivity contribution < 1.29 is 0 Å². The summed E-state index contributed by atoms with van der Waals surface area (Å²) in [6.45, 7) is 8.48. The molecule has 26 heavy (non-hydrogen) atoms. The molecule has 0 fully saturated rings. The van der Waals surface area contributed by atoms with E-state index in [1.54, 1.807) is 0 Å². The van der Waals surface area contributed by atoms with E-state index in [4.69, 9.17) is 5.73 Å². The molecule has 0 saturated heterocycles. The van der Waals surface area contributed by atoms with Gasteiger partial charge in [-0.25, -0.2) is 9.97 Å². The number of aryl methyl sites for hydroxylation is 2. The number of aromatic nitrogens is 2. The third kappa shape index (κ3) is 3.94. The van der Waals surface area contributed by atoms with E-state index in [9.17, 15) is 0 Å². The summed E-state index contributed by atoms with van der Waals surface area (Å²) in [5.74, 6) is 1.68. The Hall–Kier alpha value is -3.08. The maximum absolute atomic E-state index is 6.29. The molecule has 0 atom stereocenters. The fourth-order valence-corrected chi connectivity index (χ4v) is 2.76. The van der Waals surface area contributed by atoms with Gasteiger partial charge in [-0.05, 0) is 49.1 Å². The number of rotatable bonds is 5. The number of nitrogens with zero attached hydrogens (tertiary/aromatic N) is 2. The predicted molar refractivity (Wildman–Crippen MR) is 109 cm³/mol. The normalized spacial score (nSPS) is 10.8. The SMILES string of the molecule is Cc1ccc(Nc2ncnc(Nc3ccc(C(C)C)cc3)c2N)c(C)c1. The molecule has 0 bridgehead atoms. The summed E-state index contributed by atoms with van der Waals surface area (Å²) in [6.07, 6.45) is 1.51. The largest absolute Gasteiger partial charge is 0.393 e. The number of benzene rings is 2. The van der Waals surface area contributed by atoms with Crippen molar-refractivity contribution in [3.05, 3.63) is 65.5 Å². The van der Waals surface area contributed by atoms with Crippen molar-refractivity contribution in [2.24, 2.45) is 0 Å². The van der Waals surface area contributed by atoms with Crippen LogP contribution in [-0.2, 0) is 0 Å². The van der Waals surface area contributed by atoms with Crippen LogP contribution in [-0.4, -0.2) is 9.97 Å². The molecule has 0 aliphatic carbocycles. The van der Waals surface area contributed by atoms with Crippen molar-refractivity contribution in [3.63, 3.8) is 0 Å². The molecule has 0 unspecified atom stereocenters. The highest BCUT2D eigenvalue weighted by Gasteiger charge is 2.10. The van der Waals surface area contributed by atoms with Crippen LogP contribution in [0.4, 0.5) is 28.7 Å². The van der Waals surface area contributed by atoms with Gasteiger partial charge in [-0.2, -0.15) is 0 Å². The Labute approximate surface area is 154 Å². The van der Waals surface area contributed by atoms with Gasteiger partial charge in [0.05, 0.1) is 0 Å². The first-order valence-corrected chi connectivity index (χ1v) is 8.76. The molecular weight excluding hydrogens is 322 g/mol. The van der Waals surface area contributed by atoms with Crippen LogP contribution in [0.25, 0.3) is 0 Å². The van der Waals surface area contributed by atoms with E-state index >= 15 is 0 Å². The first-order valence-electron chi connectivity index (χ1n) is 8.76. The lowest BCUT2D eigenvalue weighted by molar-refractivity contribution is 0.867. The zero-order valence-corrected chi connectivity index (χ0v) is 15.7. The summed E-state index contributed by atoms with van der Waals surface area (Å²) < 4.78 is 0. The van der Waals surface area contributed by atoms with Gasteiger partial charge in [-0.15, -0.1) is 0 Å². The van der Waals surface area contributed by atoms with Crippen LogP contribution in [0.1, 0.15) is 36.5 Å². The molecule has 3 rings (SSSR count). The van der Waals surface area contributed by atoms with Gasteiger partial charge in [-0.3, -0.25) is 0 Å². The van der Waals surface area contributed by atoms with Gasteiger partial charge < -0.3 is 16.4 Å². The van der Waals surface area contributed by atoms with Crippen molar-refractivity contribution in [2.45, 2.75) is 33.6 Å². The number of nitrogens with one attached hydrogen (secondary N) is 2. The standard InChI is InChI=1S/C21H25N5/c1-13(2)16-6-8-17(9-7-16)25-20-19(22)21(24-12-23-20)26-18-10-5-14(3)11-15(18)4/h5-13H,22H2,1-4H3,(H2,23,24,25,26). The number of anilines is 5. The summed E-state index contributed by atoms with van der Waals surface area (Å²) in [5, 5.41) is 6.57. The minimum atomic E-state index is 0.486. The van der Waals surface area contributed by atoms with Gasteiger partial charge in [0.15, 0.2) is 11.6 Å². The van der Waals surface area contributed by atoms with E-state index in [0.29, 0.717) is 23.2 Å². The van der Waals surface area contributed by atoms with E-state index in [0.717, 1.165) is 16.9 Å². The Bertz CT molecular complexity index is 901. The first-order chi connectivity index (χ1) is 12.4. The van der Waals surface area contributed by atoms with Gasteiger partial charge in [-0.1, -0.05) is 43.7 Å². The van der Waals surface area contributed by atoms with Crippen molar-refractivity contribution >= 4 is 28.7 Å².